The molecule has 0 spiro atoms. The molecule has 19 heavy (non-hydrogen) atoms. The van der Waals surface area contributed by atoms with Crippen LogP contribution in [-0.2, 0) is 4.74 Å². The third kappa shape index (κ3) is 3.10. The summed E-state index contributed by atoms with van der Waals surface area (Å²) in [6, 6.07) is 1.78. The Kier molecular flexibility index (Phi) is 4.48. The smallest absolute Gasteiger partial charge is 0.240 e. The highest BCUT2D eigenvalue weighted by Crippen LogP contribution is 2.29. The van der Waals surface area contributed by atoms with Crippen molar-refractivity contribution in [2.45, 2.75) is 13.0 Å². The summed E-state index contributed by atoms with van der Waals surface area (Å²) in [7, 11) is 1.58. The van der Waals surface area contributed by atoms with Crippen molar-refractivity contribution in [2.24, 2.45) is 5.84 Å². The predicted octanol–water partition coefficient (Wildman–Crippen LogP) is 0.705. The monoisotopic (exact) mass is 283 g/mol. The Morgan fingerprint density at radius 1 is 1.53 bits per heavy atom. The van der Waals surface area contributed by atoms with Crippen LogP contribution in [0, 0.1) is 6.92 Å². The number of nitrogens with two attached hydrogens (primary N) is 1. The highest BCUT2D eigenvalue weighted by atomic mass is 32.1. The average molecular weight is 283 g/mol. The Hall–Kier alpha value is -1.48. The van der Waals surface area contributed by atoms with Crippen molar-refractivity contribution in [2.75, 3.05) is 31.1 Å². The maximum absolute atomic E-state index is 9.30. The van der Waals surface area contributed by atoms with Crippen LogP contribution >= 0.6 is 11.3 Å². The van der Waals surface area contributed by atoms with Crippen LogP contribution in [0.15, 0.2) is 6.07 Å². The van der Waals surface area contributed by atoms with Crippen LogP contribution in [-0.4, -0.2) is 41.4 Å². The summed E-state index contributed by atoms with van der Waals surface area (Å²) in [6.45, 7) is 2.34. The molecule has 7 nitrogen and oxygen atoms in total. The predicted molar refractivity (Wildman–Crippen MR) is 76.3 cm³/mol. The van der Waals surface area contributed by atoms with Gasteiger partial charge < -0.3 is 15.2 Å². The zero-order valence-corrected chi connectivity index (χ0v) is 11.6. The van der Waals surface area contributed by atoms with Gasteiger partial charge in [0.1, 0.15) is 10.6 Å². The molecule has 0 aromatic carbocycles. The molecular formula is C11H17N5O2S. The molecule has 0 saturated carbocycles. The van der Waals surface area contributed by atoms with Gasteiger partial charge in [-0.05, 0) is 13.0 Å². The number of aliphatic hydroxyl groups excluding tert-OH is 1. The average Bonchev–Trinajstić information content (AvgIpc) is 2.78. The first-order chi connectivity index (χ1) is 9.17. The van der Waals surface area contributed by atoms with Gasteiger partial charge in [-0.2, -0.15) is 4.98 Å². The molecule has 1 atom stereocenters. The van der Waals surface area contributed by atoms with Crippen LogP contribution in [0.1, 0.15) is 4.88 Å². The molecule has 0 saturated heterocycles. The molecule has 0 aliphatic heterocycles. The van der Waals surface area contributed by atoms with Crippen LogP contribution in [0.4, 0.5) is 11.8 Å². The maximum atomic E-state index is 9.30. The number of aryl methyl sites for hydroxylation is 1. The van der Waals surface area contributed by atoms with E-state index in [4.69, 9.17) is 10.6 Å². The van der Waals surface area contributed by atoms with Crippen molar-refractivity contribution in [3.05, 3.63) is 10.9 Å². The second-order valence-electron chi connectivity index (χ2n) is 4.10. The van der Waals surface area contributed by atoms with E-state index in [0.717, 1.165) is 15.1 Å². The van der Waals surface area contributed by atoms with E-state index in [9.17, 15) is 5.11 Å². The van der Waals surface area contributed by atoms with Gasteiger partial charge in [-0.25, -0.2) is 10.8 Å². The Labute approximate surface area is 114 Å². The second-order valence-corrected chi connectivity index (χ2v) is 5.33. The summed E-state index contributed by atoms with van der Waals surface area (Å²) in [4.78, 5) is 10.6. The maximum Gasteiger partial charge on any atom is 0.240 e. The third-order valence-corrected chi connectivity index (χ3v) is 3.52. The molecule has 8 heteroatoms. The number of nitrogens with zero attached hydrogens (tertiary/aromatic N) is 2. The number of thiophene rings is 1. The van der Waals surface area contributed by atoms with E-state index in [1.54, 1.807) is 18.4 Å². The van der Waals surface area contributed by atoms with Gasteiger partial charge in [0, 0.05) is 12.0 Å². The van der Waals surface area contributed by atoms with Crippen LogP contribution in [0.5, 0.6) is 0 Å². The van der Waals surface area contributed by atoms with Gasteiger partial charge in [-0.3, -0.25) is 5.43 Å². The van der Waals surface area contributed by atoms with Gasteiger partial charge in [-0.1, -0.05) is 0 Å². The zero-order chi connectivity index (χ0) is 13.8. The summed E-state index contributed by atoms with van der Waals surface area (Å²) >= 11 is 1.56. The number of aromatic nitrogens is 2. The minimum absolute atomic E-state index is 0.0478. The minimum Gasteiger partial charge on any atom is -0.394 e. The molecule has 0 aliphatic carbocycles. The Morgan fingerprint density at radius 3 is 2.95 bits per heavy atom. The van der Waals surface area contributed by atoms with E-state index in [2.05, 4.69) is 20.7 Å². The number of anilines is 2. The van der Waals surface area contributed by atoms with Crippen LogP contribution in [0.3, 0.4) is 0 Å². The molecule has 0 radical (unpaired) electrons. The van der Waals surface area contributed by atoms with Crippen molar-refractivity contribution >= 4 is 33.3 Å². The van der Waals surface area contributed by atoms with Gasteiger partial charge in [0.05, 0.1) is 24.6 Å². The fraction of sp³-hybridized carbons (Fsp3) is 0.455. The quantitative estimate of drug-likeness (QED) is 0.457. The van der Waals surface area contributed by atoms with Crippen LogP contribution < -0.4 is 16.6 Å². The number of nitrogens with one attached hydrogen (secondary N) is 2. The zero-order valence-electron chi connectivity index (χ0n) is 10.8. The highest BCUT2D eigenvalue weighted by molar-refractivity contribution is 7.18. The number of ether oxygens (including phenoxy) is 1. The summed E-state index contributed by atoms with van der Waals surface area (Å²) in [5.41, 5.74) is 2.44. The van der Waals surface area contributed by atoms with Gasteiger partial charge in [0.25, 0.3) is 0 Å². The third-order valence-electron chi connectivity index (χ3n) is 2.57. The Balaban J connectivity index is 2.39. The number of hydrogen-bond donors (Lipinski definition) is 4. The molecule has 2 heterocycles. The minimum atomic E-state index is -0.228. The molecule has 0 bridgehead atoms. The molecule has 0 fully saturated rings. The summed E-state index contributed by atoms with van der Waals surface area (Å²) in [6.07, 6.45) is 0. The van der Waals surface area contributed by atoms with E-state index >= 15 is 0 Å². The first-order valence-electron chi connectivity index (χ1n) is 5.79. The molecule has 1 unspecified atom stereocenters. The number of methoxy groups -OCH3 is 1. The second kappa shape index (κ2) is 6.11. The fourth-order valence-corrected chi connectivity index (χ4v) is 2.63. The number of aliphatic hydroxyl groups is 1. The number of fused-ring (bicyclic) bond motifs is 1. The number of hydrazine groups is 1. The van der Waals surface area contributed by atoms with Crippen molar-refractivity contribution in [3.8, 4) is 0 Å². The molecule has 5 N–H and O–H groups in total. The van der Waals surface area contributed by atoms with Gasteiger partial charge in [0.2, 0.25) is 5.95 Å². The lowest BCUT2D eigenvalue weighted by Crippen LogP contribution is -2.29. The first-order valence-corrected chi connectivity index (χ1v) is 6.60. The van der Waals surface area contributed by atoms with Crippen molar-refractivity contribution in [1.29, 1.82) is 0 Å². The molecule has 0 amide bonds. The van der Waals surface area contributed by atoms with Crippen molar-refractivity contribution < 1.29 is 9.84 Å². The molecule has 104 valence electrons. The van der Waals surface area contributed by atoms with Crippen molar-refractivity contribution in [3.63, 3.8) is 0 Å². The van der Waals surface area contributed by atoms with Crippen molar-refractivity contribution in [1.82, 2.24) is 9.97 Å². The molecule has 2 aromatic heterocycles. The molecule has 0 aliphatic rings. The SMILES string of the molecule is COCC(CO)Nc1nc(NN)nc2sc(C)cc12. The van der Waals surface area contributed by atoms with Crippen LogP contribution in [0.2, 0.25) is 0 Å². The molecule has 2 aromatic rings. The lowest BCUT2D eigenvalue weighted by molar-refractivity contribution is 0.153. The summed E-state index contributed by atoms with van der Waals surface area (Å²) < 4.78 is 5.04. The largest absolute Gasteiger partial charge is 0.394 e. The van der Waals surface area contributed by atoms with Crippen LogP contribution in [0.25, 0.3) is 10.2 Å². The highest BCUT2D eigenvalue weighted by Gasteiger charge is 2.14. The normalized spacial score (nSPS) is 12.6. The van der Waals surface area contributed by atoms with E-state index < -0.39 is 0 Å². The summed E-state index contributed by atoms with van der Waals surface area (Å²) in [5, 5.41) is 13.4. The number of nitrogen functional groups attached to an aromatic ring is 1. The fourth-order valence-electron chi connectivity index (χ4n) is 1.75. The van der Waals surface area contributed by atoms with E-state index in [0.29, 0.717) is 18.4 Å². The number of hydrogen-bond acceptors (Lipinski definition) is 8. The van der Waals surface area contributed by atoms with Gasteiger partial charge >= 0.3 is 0 Å². The molecule has 2 rings (SSSR count). The van der Waals surface area contributed by atoms with Gasteiger partial charge in [0.15, 0.2) is 0 Å². The first kappa shape index (κ1) is 13.9. The van der Waals surface area contributed by atoms with E-state index in [1.807, 2.05) is 13.0 Å². The number of rotatable bonds is 6. The topological polar surface area (TPSA) is 105 Å². The van der Waals surface area contributed by atoms with E-state index in [1.165, 1.54) is 0 Å². The lowest BCUT2D eigenvalue weighted by Gasteiger charge is -2.16. The Bertz CT molecular complexity index is 559. The summed E-state index contributed by atoms with van der Waals surface area (Å²) in [5.74, 6) is 6.34. The van der Waals surface area contributed by atoms with E-state index in [-0.39, 0.29) is 12.6 Å². The Morgan fingerprint density at radius 2 is 2.32 bits per heavy atom. The van der Waals surface area contributed by atoms with Gasteiger partial charge in [-0.15, -0.1) is 11.3 Å². The standard InChI is InChI=1S/C11H17N5O2S/c1-6-3-8-9(13-7(4-17)5-18-2)14-11(16-12)15-10(8)19-6/h3,7,17H,4-5,12H2,1-2H3,(H2,13,14,15,16). The molecular weight excluding hydrogens is 266 g/mol. The lowest BCUT2D eigenvalue weighted by atomic mass is 10.3.